The lowest BCUT2D eigenvalue weighted by Crippen LogP contribution is -2.37. The van der Waals surface area contributed by atoms with Crippen LogP contribution in [0.4, 0.5) is 0 Å². The highest BCUT2D eigenvalue weighted by atomic mass is 16.6. The number of nitrogens with zero attached hydrogens (tertiary/aromatic N) is 1. The predicted octanol–water partition coefficient (Wildman–Crippen LogP) is -2.61. The maximum Gasteiger partial charge on any atom is 0.330 e. The van der Waals surface area contributed by atoms with E-state index >= 15 is 0 Å². The molecule has 0 aromatic carbocycles. The molecule has 1 fully saturated rings. The fourth-order valence-electron chi connectivity index (χ4n) is 2.10. The van der Waals surface area contributed by atoms with E-state index in [-0.39, 0.29) is 6.61 Å². The van der Waals surface area contributed by atoms with E-state index in [2.05, 4.69) is 10.3 Å². The molecule has 118 valence electrons. The van der Waals surface area contributed by atoms with Gasteiger partial charge < -0.3 is 25.0 Å². The summed E-state index contributed by atoms with van der Waals surface area (Å²) in [5.41, 5.74) is -1.26. The molecule has 9 nitrogen and oxygen atoms in total. The quantitative estimate of drug-likeness (QED) is 0.424. The molecule has 2 rings (SSSR count). The van der Waals surface area contributed by atoms with Gasteiger partial charge in [0.25, 0.3) is 5.56 Å². The molecule has 4 atom stereocenters. The van der Waals surface area contributed by atoms with E-state index in [9.17, 15) is 19.8 Å². The van der Waals surface area contributed by atoms with E-state index in [1.165, 1.54) is 6.20 Å². The van der Waals surface area contributed by atoms with Crippen molar-refractivity contribution in [1.29, 1.82) is 0 Å². The van der Waals surface area contributed by atoms with Crippen LogP contribution >= 0.6 is 0 Å². The predicted molar refractivity (Wildman–Crippen MR) is 72.0 cm³/mol. The number of ether oxygens (including phenoxy) is 2. The van der Waals surface area contributed by atoms with Gasteiger partial charge in [0.15, 0.2) is 6.23 Å². The second kappa shape index (κ2) is 6.96. The van der Waals surface area contributed by atoms with Crippen LogP contribution in [-0.2, 0) is 9.47 Å². The molecule has 0 saturated carbocycles. The molecule has 21 heavy (non-hydrogen) atoms. The van der Waals surface area contributed by atoms with Crippen molar-refractivity contribution in [2.75, 3.05) is 26.8 Å². The molecule has 0 amide bonds. The molecule has 1 aliphatic heterocycles. The molecule has 1 saturated heterocycles. The van der Waals surface area contributed by atoms with Crippen molar-refractivity contribution in [3.8, 4) is 0 Å². The van der Waals surface area contributed by atoms with Crippen molar-refractivity contribution in [3.05, 3.63) is 33.1 Å². The Kier molecular flexibility index (Phi) is 5.26. The summed E-state index contributed by atoms with van der Waals surface area (Å²) >= 11 is 0. The highest BCUT2D eigenvalue weighted by Gasteiger charge is 2.44. The van der Waals surface area contributed by atoms with Gasteiger partial charge >= 0.3 is 5.69 Å². The molecule has 1 aromatic rings. The number of H-pyrrole nitrogens is 1. The standard InChI is InChI=1S/C12H19N3O6/c1-13-3-5-20-6-7-9(17)10(18)11(21-7)15-4-2-8(16)14-12(15)19/h2,4,7,9-11,13,17-18H,3,5-6H2,1H3,(H,14,16,19)/t7-,9-,10-,11-/m1/s1. The lowest BCUT2D eigenvalue weighted by molar-refractivity contribution is -0.0678. The first-order chi connectivity index (χ1) is 10.0. The third-order valence-corrected chi connectivity index (χ3v) is 3.24. The summed E-state index contributed by atoms with van der Waals surface area (Å²) in [4.78, 5) is 24.8. The number of hydrogen-bond donors (Lipinski definition) is 4. The van der Waals surface area contributed by atoms with Crippen LogP contribution in [0.15, 0.2) is 21.9 Å². The number of nitrogens with one attached hydrogen (secondary N) is 2. The van der Waals surface area contributed by atoms with Gasteiger partial charge in [0.2, 0.25) is 0 Å². The Morgan fingerprint density at radius 1 is 1.43 bits per heavy atom. The summed E-state index contributed by atoms with van der Waals surface area (Å²) in [5, 5.41) is 22.8. The third kappa shape index (κ3) is 3.57. The van der Waals surface area contributed by atoms with Crippen LogP contribution in [0, 0.1) is 0 Å². The molecule has 1 aliphatic rings. The summed E-state index contributed by atoms with van der Waals surface area (Å²) in [7, 11) is 1.78. The molecule has 0 unspecified atom stereocenters. The number of hydrogen-bond acceptors (Lipinski definition) is 7. The van der Waals surface area contributed by atoms with Gasteiger partial charge in [-0.3, -0.25) is 14.3 Å². The number of aromatic amines is 1. The van der Waals surface area contributed by atoms with Crippen molar-refractivity contribution in [2.24, 2.45) is 0 Å². The van der Waals surface area contributed by atoms with Gasteiger partial charge in [0.1, 0.15) is 18.3 Å². The highest BCUT2D eigenvalue weighted by molar-refractivity contribution is 4.93. The van der Waals surface area contributed by atoms with Gasteiger partial charge in [-0.05, 0) is 7.05 Å². The minimum Gasteiger partial charge on any atom is -0.387 e. The summed E-state index contributed by atoms with van der Waals surface area (Å²) < 4.78 is 11.8. The zero-order valence-electron chi connectivity index (χ0n) is 11.6. The van der Waals surface area contributed by atoms with E-state index in [0.29, 0.717) is 13.2 Å². The Balaban J connectivity index is 2.05. The van der Waals surface area contributed by atoms with Crippen molar-refractivity contribution in [3.63, 3.8) is 0 Å². The highest BCUT2D eigenvalue weighted by Crippen LogP contribution is 2.28. The molecule has 0 spiro atoms. The van der Waals surface area contributed by atoms with E-state index < -0.39 is 35.8 Å². The Morgan fingerprint density at radius 3 is 2.86 bits per heavy atom. The molecule has 0 aliphatic carbocycles. The average molecular weight is 301 g/mol. The monoisotopic (exact) mass is 301 g/mol. The maximum atomic E-state index is 11.7. The first-order valence-corrected chi connectivity index (χ1v) is 6.60. The molecule has 0 bridgehead atoms. The van der Waals surface area contributed by atoms with Gasteiger partial charge in [0.05, 0.1) is 13.2 Å². The van der Waals surface area contributed by atoms with Crippen LogP contribution in [0.2, 0.25) is 0 Å². The van der Waals surface area contributed by atoms with E-state index in [1.54, 1.807) is 7.05 Å². The molecular weight excluding hydrogens is 282 g/mol. The fraction of sp³-hybridized carbons (Fsp3) is 0.667. The Hall–Kier alpha value is -1.52. The van der Waals surface area contributed by atoms with Crippen molar-refractivity contribution >= 4 is 0 Å². The smallest absolute Gasteiger partial charge is 0.330 e. The van der Waals surface area contributed by atoms with Crippen LogP contribution in [0.3, 0.4) is 0 Å². The Morgan fingerprint density at radius 2 is 2.19 bits per heavy atom. The molecule has 1 aromatic heterocycles. The first kappa shape index (κ1) is 15.9. The minimum atomic E-state index is -1.29. The van der Waals surface area contributed by atoms with Crippen molar-refractivity contribution < 1.29 is 19.7 Å². The van der Waals surface area contributed by atoms with Gasteiger partial charge in [-0.25, -0.2) is 4.79 Å². The average Bonchev–Trinajstić information content (AvgIpc) is 2.72. The van der Waals surface area contributed by atoms with Gasteiger partial charge in [-0.15, -0.1) is 0 Å². The lowest BCUT2D eigenvalue weighted by atomic mass is 10.1. The van der Waals surface area contributed by atoms with E-state index in [1.807, 2.05) is 0 Å². The van der Waals surface area contributed by atoms with Crippen LogP contribution in [-0.4, -0.2) is 64.9 Å². The van der Waals surface area contributed by atoms with Crippen molar-refractivity contribution in [2.45, 2.75) is 24.5 Å². The second-order valence-electron chi connectivity index (χ2n) is 4.74. The van der Waals surface area contributed by atoms with Crippen LogP contribution < -0.4 is 16.6 Å². The Labute approximate surface area is 120 Å². The molecule has 9 heteroatoms. The van der Waals surface area contributed by atoms with Gasteiger partial charge in [-0.1, -0.05) is 0 Å². The van der Waals surface area contributed by atoms with E-state index in [4.69, 9.17) is 9.47 Å². The third-order valence-electron chi connectivity index (χ3n) is 3.24. The summed E-state index contributed by atoms with van der Waals surface area (Å²) in [6.07, 6.45) is -3.07. The number of rotatable bonds is 6. The van der Waals surface area contributed by atoms with Crippen LogP contribution in [0.5, 0.6) is 0 Å². The zero-order chi connectivity index (χ0) is 15.4. The number of aromatic nitrogens is 2. The van der Waals surface area contributed by atoms with Gasteiger partial charge in [-0.2, -0.15) is 0 Å². The minimum absolute atomic E-state index is 0.0918. The fourth-order valence-corrected chi connectivity index (χ4v) is 2.10. The summed E-state index contributed by atoms with van der Waals surface area (Å²) in [6, 6.07) is 1.14. The molecule has 0 radical (unpaired) electrons. The lowest BCUT2D eigenvalue weighted by Gasteiger charge is -2.16. The van der Waals surface area contributed by atoms with E-state index in [0.717, 1.165) is 10.6 Å². The first-order valence-electron chi connectivity index (χ1n) is 6.60. The largest absolute Gasteiger partial charge is 0.387 e. The number of aliphatic hydroxyl groups is 2. The Bertz CT molecular complexity index is 571. The molecular formula is C12H19N3O6. The normalized spacial score (nSPS) is 28.9. The number of aliphatic hydroxyl groups excluding tert-OH is 2. The maximum absolute atomic E-state index is 11.7. The molecule has 2 heterocycles. The summed E-state index contributed by atoms with van der Waals surface area (Å²) in [5.74, 6) is 0. The zero-order valence-corrected chi connectivity index (χ0v) is 11.6. The molecule has 4 N–H and O–H groups in total. The summed E-state index contributed by atoms with van der Waals surface area (Å²) in [6.45, 7) is 1.17. The van der Waals surface area contributed by atoms with Crippen LogP contribution in [0.1, 0.15) is 6.23 Å². The van der Waals surface area contributed by atoms with Crippen LogP contribution in [0.25, 0.3) is 0 Å². The topological polar surface area (TPSA) is 126 Å². The second-order valence-corrected chi connectivity index (χ2v) is 4.74. The van der Waals surface area contributed by atoms with Crippen molar-refractivity contribution in [1.82, 2.24) is 14.9 Å². The number of likely N-dealkylation sites (N-methyl/N-ethyl adjacent to an activating group) is 1. The van der Waals surface area contributed by atoms with Gasteiger partial charge in [0, 0.05) is 18.8 Å². The SMILES string of the molecule is CNCCOC[C@H]1O[C@@H](n2ccc(=O)[nH]c2=O)[C@H](O)[C@@H]1O.